The van der Waals surface area contributed by atoms with Crippen LogP contribution in [0.4, 0.5) is 0 Å². The van der Waals surface area contributed by atoms with Crippen molar-refractivity contribution in [1.82, 2.24) is 5.32 Å². The number of nitrogens with one attached hydrogen (secondary N) is 1. The van der Waals surface area contributed by atoms with E-state index in [1.165, 1.54) is 11.1 Å². The first kappa shape index (κ1) is 16.2. The molecule has 0 atom stereocenters. The third-order valence-electron chi connectivity index (χ3n) is 2.31. The summed E-state index contributed by atoms with van der Waals surface area (Å²) >= 11 is 0. The predicted molar refractivity (Wildman–Crippen MR) is 85.1 cm³/mol. The molecule has 0 heterocycles. The SMILES string of the molecule is CCCN=C(N)NCCc1cccc(C)c1.I. The van der Waals surface area contributed by atoms with Gasteiger partial charge in [-0.2, -0.15) is 0 Å². The van der Waals surface area contributed by atoms with Crippen LogP contribution in [-0.4, -0.2) is 19.0 Å². The molecule has 17 heavy (non-hydrogen) atoms. The second-order valence-corrected chi connectivity index (χ2v) is 3.93. The number of halogens is 1. The molecule has 3 nitrogen and oxygen atoms in total. The highest BCUT2D eigenvalue weighted by Crippen LogP contribution is 2.03. The summed E-state index contributed by atoms with van der Waals surface area (Å²) in [5.41, 5.74) is 8.32. The molecule has 0 bridgehead atoms. The molecule has 0 aliphatic rings. The normalized spacial score (nSPS) is 10.8. The van der Waals surface area contributed by atoms with E-state index < -0.39 is 0 Å². The molecule has 0 saturated carbocycles. The zero-order chi connectivity index (χ0) is 11.8. The van der Waals surface area contributed by atoms with Gasteiger partial charge in [-0.25, -0.2) is 0 Å². The topological polar surface area (TPSA) is 50.4 Å². The zero-order valence-electron chi connectivity index (χ0n) is 10.6. The highest BCUT2D eigenvalue weighted by molar-refractivity contribution is 14.0. The highest BCUT2D eigenvalue weighted by Gasteiger charge is 1.94. The van der Waals surface area contributed by atoms with Gasteiger partial charge in [0.1, 0.15) is 0 Å². The minimum Gasteiger partial charge on any atom is -0.370 e. The van der Waals surface area contributed by atoms with E-state index >= 15 is 0 Å². The number of aliphatic imine (C=N–C) groups is 1. The van der Waals surface area contributed by atoms with Gasteiger partial charge >= 0.3 is 0 Å². The van der Waals surface area contributed by atoms with Crippen molar-refractivity contribution in [3.63, 3.8) is 0 Å². The van der Waals surface area contributed by atoms with Crippen LogP contribution in [0.1, 0.15) is 24.5 Å². The van der Waals surface area contributed by atoms with Gasteiger partial charge in [-0.05, 0) is 25.3 Å². The van der Waals surface area contributed by atoms with Gasteiger partial charge in [0.05, 0.1) is 0 Å². The maximum atomic E-state index is 5.69. The number of benzene rings is 1. The summed E-state index contributed by atoms with van der Waals surface area (Å²) in [6.45, 7) is 5.82. The molecule has 1 aromatic rings. The molecule has 0 aliphatic heterocycles. The number of guanidine groups is 1. The van der Waals surface area contributed by atoms with E-state index in [1.54, 1.807) is 0 Å². The van der Waals surface area contributed by atoms with Gasteiger partial charge in [-0.1, -0.05) is 36.8 Å². The van der Waals surface area contributed by atoms with Gasteiger partial charge < -0.3 is 11.1 Å². The molecule has 0 fully saturated rings. The molecule has 96 valence electrons. The summed E-state index contributed by atoms with van der Waals surface area (Å²) in [5, 5.41) is 3.11. The van der Waals surface area contributed by atoms with Gasteiger partial charge in [0.25, 0.3) is 0 Å². The van der Waals surface area contributed by atoms with E-state index in [0.29, 0.717) is 5.96 Å². The van der Waals surface area contributed by atoms with Crippen LogP contribution < -0.4 is 11.1 Å². The summed E-state index contributed by atoms with van der Waals surface area (Å²) in [5.74, 6) is 0.550. The van der Waals surface area contributed by atoms with E-state index in [-0.39, 0.29) is 24.0 Å². The molecule has 0 radical (unpaired) electrons. The fourth-order valence-electron chi connectivity index (χ4n) is 1.49. The smallest absolute Gasteiger partial charge is 0.188 e. The molecule has 1 aromatic carbocycles. The lowest BCUT2D eigenvalue weighted by Crippen LogP contribution is -2.33. The quantitative estimate of drug-likeness (QED) is 0.488. The van der Waals surface area contributed by atoms with Crippen molar-refractivity contribution in [2.45, 2.75) is 26.7 Å². The Kier molecular flexibility index (Phi) is 8.85. The Morgan fingerprint density at radius 1 is 1.41 bits per heavy atom. The fraction of sp³-hybridized carbons (Fsp3) is 0.462. The van der Waals surface area contributed by atoms with E-state index in [0.717, 1.165) is 25.9 Å². The van der Waals surface area contributed by atoms with Crippen molar-refractivity contribution < 1.29 is 0 Å². The van der Waals surface area contributed by atoms with Gasteiger partial charge in [0.15, 0.2) is 5.96 Å². The third-order valence-corrected chi connectivity index (χ3v) is 2.31. The van der Waals surface area contributed by atoms with Crippen LogP contribution in [-0.2, 0) is 6.42 Å². The molecule has 0 aliphatic carbocycles. The Bertz CT molecular complexity index is 350. The van der Waals surface area contributed by atoms with E-state index in [2.05, 4.69) is 48.4 Å². The highest BCUT2D eigenvalue weighted by atomic mass is 127. The van der Waals surface area contributed by atoms with Crippen molar-refractivity contribution in [1.29, 1.82) is 0 Å². The Morgan fingerprint density at radius 3 is 2.82 bits per heavy atom. The number of aryl methyl sites for hydroxylation is 1. The second-order valence-electron chi connectivity index (χ2n) is 3.93. The molecular weight excluding hydrogens is 325 g/mol. The number of hydrogen-bond donors (Lipinski definition) is 2. The lowest BCUT2D eigenvalue weighted by Gasteiger charge is -2.06. The average Bonchev–Trinajstić information content (AvgIpc) is 2.26. The van der Waals surface area contributed by atoms with E-state index in [1.807, 2.05) is 0 Å². The number of nitrogens with two attached hydrogens (primary N) is 1. The molecule has 0 unspecified atom stereocenters. The Hall–Kier alpha value is -0.780. The first-order chi connectivity index (χ1) is 7.72. The maximum Gasteiger partial charge on any atom is 0.188 e. The molecular formula is C13H22IN3. The lowest BCUT2D eigenvalue weighted by molar-refractivity contribution is 0.839. The Morgan fingerprint density at radius 2 is 2.18 bits per heavy atom. The summed E-state index contributed by atoms with van der Waals surface area (Å²) < 4.78 is 0. The third kappa shape index (κ3) is 7.20. The van der Waals surface area contributed by atoms with E-state index in [9.17, 15) is 0 Å². The molecule has 0 amide bonds. The minimum absolute atomic E-state index is 0. The monoisotopic (exact) mass is 347 g/mol. The summed E-state index contributed by atoms with van der Waals surface area (Å²) in [4.78, 5) is 4.17. The van der Waals surface area contributed by atoms with Crippen LogP contribution in [0.25, 0.3) is 0 Å². The van der Waals surface area contributed by atoms with Crippen LogP contribution in [0.5, 0.6) is 0 Å². The molecule has 1 rings (SSSR count). The molecule has 3 N–H and O–H groups in total. The number of hydrogen-bond acceptors (Lipinski definition) is 1. The predicted octanol–water partition coefficient (Wildman–Crippen LogP) is 2.47. The van der Waals surface area contributed by atoms with Crippen molar-refractivity contribution in [3.8, 4) is 0 Å². The van der Waals surface area contributed by atoms with Crippen LogP contribution >= 0.6 is 24.0 Å². The molecule has 0 aromatic heterocycles. The van der Waals surface area contributed by atoms with Crippen LogP contribution in [0.2, 0.25) is 0 Å². The summed E-state index contributed by atoms with van der Waals surface area (Å²) in [7, 11) is 0. The van der Waals surface area contributed by atoms with E-state index in [4.69, 9.17) is 5.73 Å². The first-order valence-electron chi connectivity index (χ1n) is 5.81. The number of rotatable bonds is 5. The van der Waals surface area contributed by atoms with Crippen molar-refractivity contribution in [3.05, 3.63) is 35.4 Å². The van der Waals surface area contributed by atoms with Gasteiger partial charge in [0.2, 0.25) is 0 Å². The van der Waals surface area contributed by atoms with Gasteiger partial charge in [0, 0.05) is 13.1 Å². The van der Waals surface area contributed by atoms with Crippen molar-refractivity contribution >= 4 is 29.9 Å². The Labute approximate surface area is 121 Å². The minimum atomic E-state index is 0. The number of nitrogens with zero attached hydrogens (tertiary/aromatic N) is 1. The summed E-state index contributed by atoms with van der Waals surface area (Å²) in [6.07, 6.45) is 2.00. The average molecular weight is 347 g/mol. The molecule has 4 heteroatoms. The lowest BCUT2D eigenvalue weighted by atomic mass is 10.1. The van der Waals surface area contributed by atoms with Crippen molar-refractivity contribution in [2.24, 2.45) is 10.7 Å². The standard InChI is InChI=1S/C13H21N3.HI/c1-3-8-15-13(14)16-9-7-12-6-4-5-11(2)10-12;/h4-6,10H,3,7-9H2,1-2H3,(H3,14,15,16);1H. The maximum absolute atomic E-state index is 5.69. The largest absolute Gasteiger partial charge is 0.370 e. The van der Waals surface area contributed by atoms with Gasteiger partial charge in [-0.15, -0.1) is 24.0 Å². The van der Waals surface area contributed by atoms with Crippen LogP contribution in [0, 0.1) is 6.92 Å². The molecule has 0 spiro atoms. The molecule has 0 saturated heterocycles. The second kappa shape index (κ2) is 9.27. The fourth-order valence-corrected chi connectivity index (χ4v) is 1.49. The van der Waals surface area contributed by atoms with Crippen LogP contribution in [0.15, 0.2) is 29.3 Å². The van der Waals surface area contributed by atoms with Crippen molar-refractivity contribution in [2.75, 3.05) is 13.1 Å². The summed E-state index contributed by atoms with van der Waals surface area (Å²) in [6, 6.07) is 8.52. The van der Waals surface area contributed by atoms with Crippen LogP contribution in [0.3, 0.4) is 0 Å². The zero-order valence-corrected chi connectivity index (χ0v) is 12.9. The van der Waals surface area contributed by atoms with Gasteiger partial charge in [-0.3, -0.25) is 4.99 Å². The Balaban J connectivity index is 0.00000256. The first-order valence-corrected chi connectivity index (χ1v) is 5.81.